The fourth-order valence-corrected chi connectivity index (χ4v) is 6.12. The molecule has 2 aromatic rings. The van der Waals surface area contributed by atoms with Gasteiger partial charge in [0, 0.05) is 31.1 Å². The molecule has 0 radical (unpaired) electrons. The topological polar surface area (TPSA) is 79.0 Å². The Morgan fingerprint density at radius 3 is 2.42 bits per heavy atom. The number of rotatable bonds is 8. The highest BCUT2D eigenvalue weighted by atomic mass is 32.2. The number of carbonyl (C=O) groups excluding carboxylic acids is 1. The van der Waals surface area contributed by atoms with Crippen molar-refractivity contribution in [3.8, 4) is 5.75 Å². The number of ether oxygens (including phenoxy) is 1. The van der Waals surface area contributed by atoms with Gasteiger partial charge in [-0.25, -0.2) is 8.42 Å². The normalized spacial score (nSPS) is 16.5. The van der Waals surface area contributed by atoms with Crippen molar-refractivity contribution in [3.63, 3.8) is 0 Å². The number of likely N-dealkylation sites (N-methyl/N-ethyl adjacent to an activating group) is 1. The molecule has 1 atom stereocenters. The summed E-state index contributed by atoms with van der Waals surface area (Å²) in [6.07, 6.45) is 1.02. The Hall–Kier alpha value is -2.42. The summed E-state index contributed by atoms with van der Waals surface area (Å²) < 4.78 is 33.2. The van der Waals surface area contributed by atoms with Crippen molar-refractivity contribution >= 4 is 15.9 Å². The first kappa shape index (κ1) is 25.2. The van der Waals surface area contributed by atoms with Crippen LogP contribution in [0, 0.1) is 19.8 Å². The van der Waals surface area contributed by atoms with Gasteiger partial charge in [-0.05, 0) is 58.5 Å². The lowest BCUT2D eigenvalue weighted by Crippen LogP contribution is -2.44. The molecule has 1 aliphatic rings. The highest BCUT2D eigenvalue weighted by Gasteiger charge is 2.33. The number of piperidine rings is 1. The van der Waals surface area contributed by atoms with Crippen molar-refractivity contribution in [3.05, 3.63) is 59.2 Å². The molecule has 1 amide bonds. The molecule has 7 nitrogen and oxygen atoms in total. The SMILES string of the molecule is COc1ccccc1[C@H](CNC(=O)C1CCN(S(=O)(=O)c2ccc(C)cc2C)CC1)N(C)C. The van der Waals surface area contributed by atoms with Crippen LogP contribution in [0.2, 0.25) is 0 Å². The number of sulfonamides is 1. The minimum atomic E-state index is -3.56. The van der Waals surface area contributed by atoms with Crippen molar-refractivity contribution < 1.29 is 17.9 Å². The van der Waals surface area contributed by atoms with Crippen LogP contribution >= 0.6 is 0 Å². The molecule has 1 aliphatic heterocycles. The summed E-state index contributed by atoms with van der Waals surface area (Å²) in [5, 5.41) is 3.08. The molecule has 0 spiro atoms. The van der Waals surface area contributed by atoms with Gasteiger partial charge in [0.05, 0.1) is 18.0 Å². The summed E-state index contributed by atoms with van der Waals surface area (Å²) in [5.74, 6) is 0.562. The summed E-state index contributed by atoms with van der Waals surface area (Å²) in [5.41, 5.74) is 2.80. The molecular weight excluding hydrogens is 438 g/mol. The van der Waals surface area contributed by atoms with Crippen molar-refractivity contribution in [1.29, 1.82) is 0 Å². The maximum atomic E-state index is 13.1. The predicted octanol–water partition coefficient (Wildman–Crippen LogP) is 3.13. The Bertz CT molecular complexity index is 1080. The number of methoxy groups -OCH3 is 1. The van der Waals surface area contributed by atoms with E-state index in [0.717, 1.165) is 22.4 Å². The molecular formula is C25H35N3O4S. The second kappa shape index (κ2) is 10.7. The first-order valence-corrected chi connectivity index (χ1v) is 12.7. The largest absolute Gasteiger partial charge is 0.496 e. The predicted molar refractivity (Wildman–Crippen MR) is 130 cm³/mol. The smallest absolute Gasteiger partial charge is 0.243 e. The average Bonchev–Trinajstić information content (AvgIpc) is 2.79. The number of carbonyl (C=O) groups is 1. The molecule has 1 fully saturated rings. The number of nitrogens with zero attached hydrogens (tertiary/aromatic N) is 2. The fourth-order valence-electron chi connectivity index (χ4n) is 4.44. The Morgan fingerprint density at radius 1 is 1.15 bits per heavy atom. The molecule has 1 N–H and O–H groups in total. The van der Waals surface area contributed by atoms with Gasteiger partial charge < -0.3 is 15.0 Å². The maximum absolute atomic E-state index is 13.1. The number of hydrogen-bond acceptors (Lipinski definition) is 5. The molecule has 0 saturated carbocycles. The molecule has 0 aromatic heterocycles. The molecule has 8 heteroatoms. The van der Waals surface area contributed by atoms with Crippen molar-refractivity contribution in [1.82, 2.24) is 14.5 Å². The summed E-state index contributed by atoms with van der Waals surface area (Å²) in [6, 6.07) is 13.2. The zero-order valence-corrected chi connectivity index (χ0v) is 21.0. The molecule has 2 aromatic carbocycles. The van der Waals surface area contributed by atoms with Crippen LogP contribution in [0.5, 0.6) is 5.75 Å². The lowest BCUT2D eigenvalue weighted by atomic mass is 9.97. The third-order valence-electron chi connectivity index (χ3n) is 6.36. The fraction of sp³-hybridized carbons (Fsp3) is 0.480. The highest BCUT2D eigenvalue weighted by molar-refractivity contribution is 7.89. The van der Waals surface area contributed by atoms with Gasteiger partial charge in [0.1, 0.15) is 5.75 Å². The van der Waals surface area contributed by atoms with Crippen LogP contribution in [0.15, 0.2) is 47.4 Å². The van der Waals surface area contributed by atoms with E-state index >= 15 is 0 Å². The first-order valence-electron chi connectivity index (χ1n) is 11.3. The van der Waals surface area contributed by atoms with E-state index in [-0.39, 0.29) is 17.9 Å². The van der Waals surface area contributed by atoms with Gasteiger partial charge in [-0.2, -0.15) is 4.31 Å². The second-order valence-electron chi connectivity index (χ2n) is 8.91. The molecule has 33 heavy (non-hydrogen) atoms. The molecule has 0 unspecified atom stereocenters. The second-order valence-corrected chi connectivity index (χ2v) is 10.8. The minimum absolute atomic E-state index is 0.0275. The third-order valence-corrected chi connectivity index (χ3v) is 8.42. The minimum Gasteiger partial charge on any atom is -0.496 e. The van der Waals surface area contributed by atoms with Crippen LogP contribution in [0.25, 0.3) is 0 Å². The molecule has 0 bridgehead atoms. The molecule has 180 valence electrons. The van der Waals surface area contributed by atoms with E-state index in [2.05, 4.69) is 10.2 Å². The number of hydrogen-bond donors (Lipinski definition) is 1. The van der Waals surface area contributed by atoms with Gasteiger partial charge in [0.2, 0.25) is 15.9 Å². The van der Waals surface area contributed by atoms with Gasteiger partial charge in [-0.15, -0.1) is 0 Å². The number of amides is 1. The monoisotopic (exact) mass is 473 g/mol. The van der Waals surface area contributed by atoms with Crippen LogP contribution in [0.1, 0.15) is 35.6 Å². The number of aryl methyl sites for hydroxylation is 2. The Balaban J connectivity index is 1.61. The third kappa shape index (κ3) is 5.75. The van der Waals surface area contributed by atoms with Gasteiger partial charge in [0.15, 0.2) is 0 Å². The van der Waals surface area contributed by atoms with Gasteiger partial charge >= 0.3 is 0 Å². The number of para-hydroxylation sites is 1. The summed E-state index contributed by atoms with van der Waals surface area (Å²) in [7, 11) is 2.03. The van der Waals surface area contributed by atoms with Crippen LogP contribution < -0.4 is 10.1 Å². The zero-order chi connectivity index (χ0) is 24.2. The standard InChI is InChI=1S/C25H35N3O4S/c1-18-10-11-24(19(2)16-18)33(30,31)28-14-12-20(13-15-28)25(29)26-17-22(27(3)4)21-8-6-7-9-23(21)32-5/h6-11,16,20,22H,12-15,17H2,1-5H3,(H,26,29)/t22-/m0/s1. The van der Waals surface area contributed by atoms with Crippen LogP contribution in [-0.2, 0) is 14.8 Å². The average molecular weight is 474 g/mol. The number of nitrogens with one attached hydrogen (secondary N) is 1. The first-order chi connectivity index (χ1) is 15.6. The van der Waals surface area contributed by atoms with Crippen molar-refractivity contribution in [2.45, 2.75) is 37.6 Å². The van der Waals surface area contributed by atoms with E-state index in [0.29, 0.717) is 37.4 Å². The summed E-state index contributed by atoms with van der Waals surface area (Å²) >= 11 is 0. The number of benzene rings is 2. The van der Waals surface area contributed by atoms with Crippen LogP contribution in [-0.4, -0.2) is 64.4 Å². The van der Waals surface area contributed by atoms with Gasteiger partial charge in [-0.1, -0.05) is 35.9 Å². The maximum Gasteiger partial charge on any atom is 0.243 e. The summed E-state index contributed by atoms with van der Waals surface area (Å²) in [4.78, 5) is 15.3. The van der Waals surface area contributed by atoms with Crippen molar-refractivity contribution in [2.75, 3.05) is 40.8 Å². The lowest BCUT2D eigenvalue weighted by molar-refractivity contribution is -0.126. The Morgan fingerprint density at radius 2 is 1.82 bits per heavy atom. The molecule has 1 heterocycles. The Kier molecular flexibility index (Phi) is 8.15. The molecule has 0 aliphatic carbocycles. The van der Waals surface area contributed by atoms with E-state index < -0.39 is 10.0 Å². The zero-order valence-electron chi connectivity index (χ0n) is 20.2. The van der Waals surface area contributed by atoms with E-state index in [4.69, 9.17) is 4.74 Å². The molecule has 1 saturated heterocycles. The van der Waals surface area contributed by atoms with E-state index in [9.17, 15) is 13.2 Å². The van der Waals surface area contributed by atoms with E-state index in [1.807, 2.05) is 64.3 Å². The van der Waals surface area contributed by atoms with Crippen LogP contribution in [0.4, 0.5) is 0 Å². The quantitative estimate of drug-likeness (QED) is 0.637. The van der Waals surface area contributed by atoms with E-state index in [1.54, 1.807) is 13.2 Å². The van der Waals surface area contributed by atoms with Gasteiger partial charge in [0.25, 0.3) is 0 Å². The highest BCUT2D eigenvalue weighted by Crippen LogP contribution is 2.29. The van der Waals surface area contributed by atoms with E-state index in [1.165, 1.54) is 4.31 Å². The lowest BCUT2D eigenvalue weighted by Gasteiger charge is -2.32. The van der Waals surface area contributed by atoms with Gasteiger partial charge in [-0.3, -0.25) is 4.79 Å². The van der Waals surface area contributed by atoms with Crippen molar-refractivity contribution in [2.24, 2.45) is 5.92 Å². The summed E-state index contributed by atoms with van der Waals surface area (Å²) in [6.45, 7) is 4.91. The van der Waals surface area contributed by atoms with Crippen LogP contribution in [0.3, 0.4) is 0 Å². The molecule has 3 rings (SSSR count). The Labute approximate surface area is 197 Å².